The zero-order valence-electron chi connectivity index (χ0n) is 10.8. The van der Waals surface area contributed by atoms with Crippen LogP contribution < -0.4 is 0 Å². The zero-order chi connectivity index (χ0) is 12.1. The van der Waals surface area contributed by atoms with Crippen LogP contribution in [-0.4, -0.2) is 35.6 Å². The number of hydrogen-bond donors (Lipinski definition) is 1. The maximum atomic E-state index is 10.4. The standard InChI is InChI=1S/C14H25NO2/c16-13(17)5-1-4-10-15-11-8-14(9-12-15)6-2-3-7-14/h1-12H2,(H,16,17). The van der Waals surface area contributed by atoms with E-state index in [-0.39, 0.29) is 0 Å². The van der Waals surface area contributed by atoms with Crippen molar-refractivity contribution >= 4 is 5.97 Å². The van der Waals surface area contributed by atoms with Crippen molar-refractivity contribution in [1.82, 2.24) is 4.90 Å². The highest BCUT2D eigenvalue weighted by atomic mass is 16.4. The Morgan fingerprint density at radius 1 is 1.06 bits per heavy atom. The molecule has 1 heterocycles. The third-order valence-electron chi connectivity index (χ3n) is 4.70. The van der Waals surface area contributed by atoms with E-state index in [2.05, 4.69) is 4.90 Å². The maximum Gasteiger partial charge on any atom is 0.303 e. The lowest BCUT2D eigenvalue weighted by Crippen LogP contribution is -2.39. The van der Waals surface area contributed by atoms with Crippen molar-refractivity contribution in [2.45, 2.75) is 57.8 Å². The average molecular weight is 239 g/mol. The Kier molecular flexibility index (Phi) is 4.43. The molecule has 3 nitrogen and oxygen atoms in total. The summed E-state index contributed by atoms with van der Waals surface area (Å²) in [5, 5.41) is 8.58. The highest BCUT2D eigenvalue weighted by Gasteiger charge is 2.36. The third kappa shape index (κ3) is 3.70. The number of likely N-dealkylation sites (tertiary alicyclic amines) is 1. The first-order valence-corrected chi connectivity index (χ1v) is 7.14. The molecule has 1 aliphatic heterocycles. The lowest BCUT2D eigenvalue weighted by atomic mass is 9.77. The summed E-state index contributed by atoms with van der Waals surface area (Å²) in [5.41, 5.74) is 0.706. The van der Waals surface area contributed by atoms with Gasteiger partial charge in [-0.05, 0) is 63.6 Å². The highest BCUT2D eigenvalue weighted by molar-refractivity contribution is 5.66. The molecule has 17 heavy (non-hydrogen) atoms. The largest absolute Gasteiger partial charge is 0.481 e. The number of unbranched alkanes of at least 4 members (excludes halogenated alkanes) is 1. The number of carbonyl (C=O) groups is 1. The summed E-state index contributed by atoms with van der Waals surface area (Å²) in [4.78, 5) is 12.9. The summed E-state index contributed by atoms with van der Waals surface area (Å²) < 4.78 is 0. The van der Waals surface area contributed by atoms with Gasteiger partial charge in [0.2, 0.25) is 0 Å². The van der Waals surface area contributed by atoms with Gasteiger partial charge in [0.1, 0.15) is 0 Å². The number of piperidine rings is 1. The monoisotopic (exact) mass is 239 g/mol. The second-order valence-corrected chi connectivity index (χ2v) is 5.90. The number of rotatable bonds is 5. The van der Waals surface area contributed by atoms with Crippen LogP contribution in [0.5, 0.6) is 0 Å². The van der Waals surface area contributed by atoms with Crippen molar-refractivity contribution in [1.29, 1.82) is 0 Å². The predicted octanol–water partition coefficient (Wildman–Crippen LogP) is 2.90. The topological polar surface area (TPSA) is 40.5 Å². The quantitative estimate of drug-likeness (QED) is 0.750. The Hall–Kier alpha value is -0.570. The van der Waals surface area contributed by atoms with Crippen molar-refractivity contribution in [3.8, 4) is 0 Å². The van der Waals surface area contributed by atoms with E-state index in [1.54, 1.807) is 0 Å². The molecule has 0 amide bonds. The smallest absolute Gasteiger partial charge is 0.303 e. The first kappa shape index (κ1) is 12.9. The van der Waals surface area contributed by atoms with E-state index in [0.29, 0.717) is 11.8 Å². The van der Waals surface area contributed by atoms with Gasteiger partial charge in [0, 0.05) is 6.42 Å². The normalized spacial score (nSPS) is 24.2. The summed E-state index contributed by atoms with van der Waals surface area (Å²) in [6, 6.07) is 0. The van der Waals surface area contributed by atoms with E-state index in [1.165, 1.54) is 51.6 Å². The van der Waals surface area contributed by atoms with E-state index in [1.807, 2.05) is 0 Å². The molecule has 1 spiro atoms. The van der Waals surface area contributed by atoms with Gasteiger partial charge in [-0.25, -0.2) is 0 Å². The number of carboxylic acids is 1. The lowest BCUT2D eigenvalue weighted by molar-refractivity contribution is -0.137. The van der Waals surface area contributed by atoms with Crippen LogP contribution in [0.15, 0.2) is 0 Å². The average Bonchev–Trinajstić information content (AvgIpc) is 2.75. The highest BCUT2D eigenvalue weighted by Crippen LogP contribution is 2.46. The molecule has 0 atom stereocenters. The van der Waals surface area contributed by atoms with Crippen LogP contribution in [0, 0.1) is 5.41 Å². The van der Waals surface area contributed by atoms with Crippen LogP contribution in [0.25, 0.3) is 0 Å². The van der Waals surface area contributed by atoms with Gasteiger partial charge in [0.05, 0.1) is 0 Å². The fourth-order valence-corrected chi connectivity index (χ4v) is 3.49. The molecule has 1 saturated heterocycles. The van der Waals surface area contributed by atoms with Crippen LogP contribution >= 0.6 is 0 Å². The zero-order valence-corrected chi connectivity index (χ0v) is 10.8. The first-order valence-electron chi connectivity index (χ1n) is 7.14. The Morgan fingerprint density at radius 3 is 2.29 bits per heavy atom. The minimum absolute atomic E-state index is 0.331. The number of aliphatic carboxylic acids is 1. The first-order chi connectivity index (χ1) is 8.20. The van der Waals surface area contributed by atoms with E-state index in [0.717, 1.165) is 19.4 Å². The number of nitrogens with zero attached hydrogens (tertiary/aromatic N) is 1. The van der Waals surface area contributed by atoms with Gasteiger partial charge in [-0.3, -0.25) is 4.79 Å². The van der Waals surface area contributed by atoms with Crippen molar-refractivity contribution < 1.29 is 9.90 Å². The number of hydrogen-bond acceptors (Lipinski definition) is 2. The minimum Gasteiger partial charge on any atom is -0.481 e. The molecule has 0 radical (unpaired) electrons. The van der Waals surface area contributed by atoms with Gasteiger partial charge in [-0.1, -0.05) is 12.8 Å². The second kappa shape index (κ2) is 5.85. The van der Waals surface area contributed by atoms with Crippen LogP contribution in [0.2, 0.25) is 0 Å². The summed E-state index contributed by atoms with van der Waals surface area (Å²) >= 11 is 0. The molecule has 0 aromatic carbocycles. The molecule has 1 saturated carbocycles. The summed E-state index contributed by atoms with van der Waals surface area (Å²) in [5.74, 6) is -0.659. The van der Waals surface area contributed by atoms with E-state index < -0.39 is 5.97 Å². The maximum absolute atomic E-state index is 10.4. The molecule has 2 aliphatic rings. The summed E-state index contributed by atoms with van der Waals surface area (Å²) in [6.45, 7) is 3.59. The van der Waals surface area contributed by atoms with Crippen molar-refractivity contribution in [2.24, 2.45) is 5.41 Å². The Labute approximate surface area is 104 Å². The predicted molar refractivity (Wildman–Crippen MR) is 68.1 cm³/mol. The molecular formula is C14H25NO2. The van der Waals surface area contributed by atoms with Crippen LogP contribution in [0.3, 0.4) is 0 Å². The minimum atomic E-state index is -0.659. The van der Waals surface area contributed by atoms with E-state index >= 15 is 0 Å². The van der Waals surface area contributed by atoms with E-state index in [4.69, 9.17) is 5.11 Å². The summed E-state index contributed by atoms with van der Waals surface area (Å²) in [7, 11) is 0. The Morgan fingerprint density at radius 2 is 1.71 bits per heavy atom. The van der Waals surface area contributed by atoms with E-state index in [9.17, 15) is 4.79 Å². The molecule has 2 fully saturated rings. The molecule has 2 rings (SSSR count). The van der Waals surface area contributed by atoms with Gasteiger partial charge in [0.25, 0.3) is 0 Å². The van der Waals surface area contributed by atoms with Crippen molar-refractivity contribution in [2.75, 3.05) is 19.6 Å². The van der Waals surface area contributed by atoms with Gasteiger partial charge < -0.3 is 10.0 Å². The molecule has 0 unspecified atom stereocenters. The fourth-order valence-electron chi connectivity index (χ4n) is 3.49. The molecule has 3 heteroatoms. The van der Waals surface area contributed by atoms with Gasteiger partial charge in [-0.2, -0.15) is 0 Å². The van der Waals surface area contributed by atoms with Gasteiger partial charge in [-0.15, -0.1) is 0 Å². The molecule has 0 aromatic rings. The van der Waals surface area contributed by atoms with Crippen LogP contribution in [0.4, 0.5) is 0 Å². The van der Waals surface area contributed by atoms with Crippen LogP contribution in [-0.2, 0) is 4.79 Å². The molecule has 0 bridgehead atoms. The molecule has 0 aromatic heterocycles. The Bertz CT molecular complexity index is 249. The fraction of sp³-hybridized carbons (Fsp3) is 0.929. The van der Waals surface area contributed by atoms with Gasteiger partial charge in [0.15, 0.2) is 0 Å². The Balaban J connectivity index is 1.60. The summed E-state index contributed by atoms with van der Waals surface area (Å²) in [6.07, 6.45) is 10.8. The van der Waals surface area contributed by atoms with Crippen molar-refractivity contribution in [3.05, 3.63) is 0 Å². The molecule has 98 valence electrons. The second-order valence-electron chi connectivity index (χ2n) is 5.90. The van der Waals surface area contributed by atoms with Gasteiger partial charge >= 0.3 is 5.97 Å². The van der Waals surface area contributed by atoms with Crippen LogP contribution in [0.1, 0.15) is 57.8 Å². The van der Waals surface area contributed by atoms with Crippen molar-refractivity contribution in [3.63, 3.8) is 0 Å². The lowest BCUT2D eigenvalue weighted by Gasteiger charge is -2.39. The SMILES string of the molecule is O=C(O)CCCCN1CCC2(CCCC2)CC1. The molecular weight excluding hydrogens is 214 g/mol. The number of carboxylic acid groups (broad SMARTS) is 1. The molecule has 1 aliphatic carbocycles. The molecule has 1 N–H and O–H groups in total. The third-order valence-corrected chi connectivity index (χ3v) is 4.70.